The lowest BCUT2D eigenvalue weighted by molar-refractivity contribution is -0.124. The highest BCUT2D eigenvalue weighted by Crippen LogP contribution is 2.23. The van der Waals surface area contributed by atoms with Gasteiger partial charge in [0, 0.05) is 12.7 Å². The first kappa shape index (κ1) is 17.0. The zero-order valence-electron chi connectivity index (χ0n) is 13.0. The maximum atomic E-state index is 12.3. The molecule has 1 amide bonds. The minimum absolute atomic E-state index is 0.125. The van der Waals surface area contributed by atoms with Crippen LogP contribution in [0.25, 0.3) is 0 Å². The zero-order valence-corrected chi connectivity index (χ0v) is 15.4. The molecule has 2 rings (SSSR count). The maximum absolute atomic E-state index is 12.3. The molecular formula is C14H19BrClN5O. The largest absolute Gasteiger partial charge is 0.348 e. The van der Waals surface area contributed by atoms with Crippen LogP contribution >= 0.6 is 27.5 Å². The number of carbonyl (C=O) groups is 1. The molecule has 0 saturated carbocycles. The molecule has 0 aliphatic carbocycles. The van der Waals surface area contributed by atoms with Gasteiger partial charge in [-0.2, -0.15) is 10.2 Å². The Morgan fingerprint density at radius 3 is 2.64 bits per heavy atom. The summed E-state index contributed by atoms with van der Waals surface area (Å²) >= 11 is 9.56. The van der Waals surface area contributed by atoms with E-state index < -0.39 is 6.04 Å². The fourth-order valence-electron chi connectivity index (χ4n) is 2.17. The Bertz CT molecular complexity index is 694. The van der Waals surface area contributed by atoms with E-state index in [9.17, 15) is 4.79 Å². The van der Waals surface area contributed by atoms with Crippen molar-refractivity contribution < 1.29 is 4.79 Å². The molecule has 6 nitrogen and oxygen atoms in total. The van der Waals surface area contributed by atoms with Crippen LogP contribution in [0.2, 0.25) is 5.02 Å². The highest BCUT2D eigenvalue weighted by atomic mass is 79.9. The second-order valence-electron chi connectivity index (χ2n) is 5.10. The zero-order chi connectivity index (χ0) is 16.4. The van der Waals surface area contributed by atoms with Crippen molar-refractivity contribution in [1.29, 1.82) is 0 Å². The van der Waals surface area contributed by atoms with Crippen molar-refractivity contribution in [1.82, 2.24) is 24.9 Å². The molecule has 1 atom stereocenters. The summed E-state index contributed by atoms with van der Waals surface area (Å²) in [5, 5.41) is 12.1. The van der Waals surface area contributed by atoms with Crippen molar-refractivity contribution >= 4 is 33.4 Å². The Balaban J connectivity index is 2.05. The predicted molar refractivity (Wildman–Crippen MR) is 88.9 cm³/mol. The van der Waals surface area contributed by atoms with Gasteiger partial charge in [-0.25, -0.2) is 0 Å². The molecule has 2 aromatic heterocycles. The summed E-state index contributed by atoms with van der Waals surface area (Å²) in [4.78, 5) is 12.3. The summed E-state index contributed by atoms with van der Waals surface area (Å²) in [5.74, 6) is -0.125. The van der Waals surface area contributed by atoms with Crippen molar-refractivity contribution in [2.75, 3.05) is 0 Å². The Kier molecular flexibility index (Phi) is 5.28. The van der Waals surface area contributed by atoms with E-state index in [-0.39, 0.29) is 5.91 Å². The third-order valence-corrected chi connectivity index (χ3v) is 4.99. The minimum Gasteiger partial charge on any atom is -0.348 e. The minimum atomic E-state index is -0.406. The fourth-order valence-corrected chi connectivity index (χ4v) is 2.65. The third-order valence-electron chi connectivity index (χ3n) is 3.52. The summed E-state index contributed by atoms with van der Waals surface area (Å²) in [6, 6.07) is -0.406. The van der Waals surface area contributed by atoms with Crippen LogP contribution < -0.4 is 5.32 Å². The van der Waals surface area contributed by atoms with E-state index in [4.69, 9.17) is 11.6 Å². The Morgan fingerprint density at radius 1 is 1.45 bits per heavy atom. The van der Waals surface area contributed by atoms with Gasteiger partial charge in [0.05, 0.1) is 27.4 Å². The number of rotatable bonds is 5. The van der Waals surface area contributed by atoms with Gasteiger partial charge in [0.25, 0.3) is 0 Å². The van der Waals surface area contributed by atoms with E-state index in [0.29, 0.717) is 17.3 Å². The lowest BCUT2D eigenvalue weighted by atomic mass is 10.3. The van der Waals surface area contributed by atoms with E-state index in [1.54, 1.807) is 15.6 Å². The average Bonchev–Trinajstić information content (AvgIpc) is 2.98. The summed E-state index contributed by atoms with van der Waals surface area (Å²) in [5.41, 5.74) is 2.45. The van der Waals surface area contributed by atoms with E-state index in [2.05, 4.69) is 31.4 Å². The first-order valence-corrected chi connectivity index (χ1v) is 8.23. The Hall–Kier alpha value is -1.34. The SMILES string of the molecule is CCn1cc(Cl)c(CNC(=O)C(C)n2nc(C)c(Br)c2C)n1. The van der Waals surface area contributed by atoms with Crippen molar-refractivity contribution in [2.24, 2.45) is 0 Å². The smallest absolute Gasteiger partial charge is 0.244 e. The van der Waals surface area contributed by atoms with E-state index in [0.717, 1.165) is 22.4 Å². The molecule has 0 aliphatic heterocycles. The second-order valence-corrected chi connectivity index (χ2v) is 6.30. The van der Waals surface area contributed by atoms with Crippen LogP contribution in [0.3, 0.4) is 0 Å². The quantitative estimate of drug-likeness (QED) is 0.856. The second kappa shape index (κ2) is 6.83. The highest BCUT2D eigenvalue weighted by molar-refractivity contribution is 9.10. The van der Waals surface area contributed by atoms with Gasteiger partial charge in [0.1, 0.15) is 11.7 Å². The fraction of sp³-hybridized carbons (Fsp3) is 0.500. The van der Waals surface area contributed by atoms with Crippen LogP contribution in [0.4, 0.5) is 0 Å². The number of amides is 1. The predicted octanol–water partition coefficient (Wildman–Crippen LogP) is 3.01. The molecular weight excluding hydrogens is 370 g/mol. The topological polar surface area (TPSA) is 64.7 Å². The van der Waals surface area contributed by atoms with E-state index in [1.165, 1.54) is 0 Å². The third kappa shape index (κ3) is 3.35. The van der Waals surface area contributed by atoms with Crippen LogP contribution in [0.5, 0.6) is 0 Å². The summed E-state index contributed by atoms with van der Waals surface area (Å²) in [6.45, 7) is 8.66. The number of aryl methyl sites for hydroxylation is 2. The van der Waals surface area contributed by atoms with Gasteiger partial charge >= 0.3 is 0 Å². The van der Waals surface area contributed by atoms with Crippen molar-refractivity contribution in [2.45, 2.75) is 46.8 Å². The van der Waals surface area contributed by atoms with Crippen LogP contribution in [0, 0.1) is 13.8 Å². The van der Waals surface area contributed by atoms with Crippen LogP contribution in [0.1, 0.15) is 37.0 Å². The average molecular weight is 389 g/mol. The summed E-state index contributed by atoms with van der Waals surface area (Å²) in [7, 11) is 0. The number of nitrogens with one attached hydrogen (secondary N) is 1. The number of hydrogen-bond acceptors (Lipinski definition) is 3. The van der Waals surface area contributed by atoms with Gasteiger partial charge in [-0.1, -0.05) is 11.6 Å². The van der Waals surface area contributed by atoms with Crippen molar-refractivity contribution in [3.63, 3.8) is 0 Å². The molecule has 1 N–H and O–H groups in total. The van der Waals surface area contributed by atoms with Gasteiger partial charge in [-0.05, 0) is 43.6 Å². The molecule has 0 saturated heterocycles. The first-order valence-electron chi connectivity index (χ1n) is 7.05. The number of halogens is 2. The first-order chi connectivity index (χ1) is 10.3. The molecule has 0 spiro atoms. The molecule has 1 unspecified atom stereocenters. The molecule has 2 aromatic rings. The van der Waals surface area contributed by atoms with Gasteiger partial charge in [0.15, 0.2) is 0 Å². The molecule has 0 fully saturated rings. The standard InChI is InChI=1S/C14H19BrClN5O/c1-5-20-7-11(16)12(19-20)6-17-14(22)10(4)21-9(3)13(15)8(2)18-21/h7,10H,5-6H2,1-4H3,(H,17,22). The Labute approximate surface area is 143 Å². The van der Waals surface area contributed by atoms with Crippen molar-refractivity contribution in [3.8, 4) is 0 Å². The Morgan fingerprint density at radius 2 is 2.14 bits per heavy atom. The van der Waals surface area contributed by atoms with Crippen LogP contribution in [-0.2, 0) is 17.9 Å². The van der Waals surface area contributed by atoms with Gasteiger partial charge in [0.2, 0.25) is 5.91 Å². The number of hydrogen-bond donors (Lipinski definition) is 1. The number of carbonyl (C=O) groups excluding carboxylic acids is 1. The molecule has 8 heteroatoms. The summed E-state index contributed by atoms with van der Waals surface area (Å²) < 4.78 is 4.38. The van der Waals surface area contributed by atoms with E-state index >= 15 is 0 Å². The molecule has 0 radical (unpaired) electrons. The number of aromatic nitrogens is 4. The van der Waals surface area contributed by atoms with Crippen LogP contribution in [-0.4, -0.2) is 25.5 Å². The maximum Gasteiger partial charge on any atom is 0.244 e. The van der Waals surface area contributed by atoms with Crippen LogP contribution in [0.15, 0.2) is 10.7 Å². The lowest BCUT2D eigenvalue weighted by Crippen LogP contribution is -2.31. The van der Waals surface area contributed by atoms with E-state index in [1.807, 2.05) is 27.7 Å². The number of nitrogens with zero attached hydrogens (tertiary/aromatic N) is 4. The monoisotopic (exact) mass is 387 g/mol. The molecule has 0 aliphatic rings. The molecule has 0 aromatic carbocycles. The van der Waals surface area contributed by atoms with Gasteiger partial charge in [-0.15, -0.1) is 0 Å². The molecule has 22 heavy (non-hydrogen) atoms. The molecule has 0 bridgehead atoms. The normalized spacial score (nSPS) is 12.5. The summed E-state index contributed by atoms with van der Waals surface area (Å²) in [6.07, 6.45) is 1.75. The lowest BCUT2D eigenvalue weighted by Gasteiger charge is -2.14. The molecule has 120 valence electrons. The van der Waals surface area contributed by atoms with Gasteiger partial charge < -0.3 is 5.32 Å². The van der Waals surface area contributed by atoms with Crippen molar-refractivity contribution in [3.05, 3.63) is 32.8 Å². The molecule has 2 heterocycles. The van der Waals surface area contributed by atoms with Gasteiger partial charge in [-0.3, -0.25) is 14.2 Å². The highest BCUT2D eigenvalue weighted by Gasteiger charge is 2.20.